The van der Waals surface area contributed by atoms with Gasteiger partial charge in [-0.1, -0.05) is 18.2 Å². The van der Waals surface area contributed by atoms with Crippen molar-refractivity contribution in [2.24, 2.45) is 5.73 Å². The molecule has 0 fully saturated rings. The third-order valence-corrected chi connectivity index (χ3v) is 3.48. The van der Waals surface area contributed by atoms with Gasteiger partial charge in [-0.05, 0) is 32.9 Å². The number of nitrogens with zero attached hydrogens (tertiary/aromatic N) is 3. The van der Waals surface area contributed by atoms with Crippen LogP contribution < -0.4 is 22.4 Å². The predicted octanol–water partition coefficient (Wildman–Crippen LogP) is -1.05. The summed E-state index contributed by atoms with van der Waals surface area (Å²) < 4.78 is 1.05. The second kappa shape index (κ2) is 6.36. The second-order valence-electron chi connectivity index (χ2n) is 6.60. The van der Waals surface area contributed by atoms with Crippen molar-refractivity contribution in [2.75, 3.05) is 0 Å². The molecule has 1 aromatic heterocycles. The molecule has 0 aliphatic rings. The zero-order chi connectivity index (χ0) is 19.7. The monoisotopic (exact) mass is 358 g/mol. The fourth-order valence-corrected chi connectivity index (χ4v) is 2.32. The number of nitriles is 1. The summed E-state index contributed by atoms with van der Waals surface area (Å²) >= 11 is 0. The van der Waals surface area contributed by atoms with Gasteiger partial charge < -0.3 is 11.1 Å². The molecule has 0 aliphatic heterocycles. The van der Waals surface area contributed by atoms with Crippen molar-refractivity contribution in [1.82, 2.24) is 19.7 Å². The molecule has 26 heavy (non-hydrogen) atoms. The van der Waals surface area contributed by atoms with Gasteiger partial charge in [-0.3, -0.25) is 9.59 Å². The van der Waals surface area contributed by atoms with Crippen LogP contribution in [0.25, 0.3) is 5.69 Å². The van der Waals surface area contributed by atoms with Crippen LogP contribution in [0, 0.1) is 11.3 Å². The Morgan fingerprint density at radius 3 is 2.23 bits per heavy atom. The van der Waals surface area contributed by atoms with Crippen LogP contribution in [0.4, 0.5) is 0 Å². The summed E-state index contributed by atoms with van der Waals surface area (Å²) in [5.41, 5.74) is -0.0821. The van der Waals surface area contributed by atoms with Gasteiger partial charge in [-0.2, -0.15) is 9.94 Å². The molecule has 0 spiro atoms. The molecule has 0 saturated heterocycles. The van der Waals surface area contributed by atoms with Crippen molar-refractivity contribution in [1.29, 1.82) is 5.26 Å². The number of aromatic amines is 1. The second-order valence-corrected chi connectivity index (χ2v) is 6.60. The molecule has 1 unspecified atom stereocenters. The number of hydrogen-bond acceptors (Lipinski definition) is 5. The van der Waals surface area contributed by atoms with E-state index in [-0.39, 0.29) is 5.69 Å². The maximum absolute atomic E-state index is 12.7. The lowest BCUT2D eigenvalue weighted by Crippen LogP contribution is -2.62. The van der Waals surface area contributed by atoms with Gasteiger partial charge in [0, 0.05) is 5.54 Å². The van der Waals surface area contributed by atoms with Crippen LogP contribution in [0.2, 0.25) is 0 Å². The van der Waals surface area contributed by atoms with Crippen molar-refractivity contribution in [3.8, 4) is 11.8 Å². The summed E-state index contributed by atoms with van der Waals surface area (Å²) in [4.78, 5) is 49.6. The van der Waals surface area contributed by atoms with E-state index in [1.54, 1.807) is 39.0 Å². The Hall–Kier alpha value is -3.61. The predicted molar refractivity (Wildman–Crippen MR) is 91.3 cm³/mol. The van der Waals surface area contributed by atoms with E-state index in [4.69, 9.17) is 5.73 Å². The Balaban J connectivity index is 2.75. The minimum absolute atomic E-state index is 0.199. The van der Waals surface area contributed by atoms with Gasteiger partial charge in [-0.25, -0.2) is 19.3 Å². The maximum Gasteiger partial charge on any atom is 0.354 e. The van der Waals surface area contributed by atoms with Gasteiger partial charge in [0.15, 0.2) is 0 Å². The minimum Gasteiger partial charge on any atom is -0.366 e. The Morgan fingerprint density at radius 2 is 1.77 bits per heavy atom. The fraction of sp³-hybridized carbons (Fsp3) is 0.312. The van der Waals surface area contributed by atoms with E-state index in [1.807, 2.05) is 0 Å². The summed E-state index contributed by atoms with van der Waals surface area (Å²) in [5.74, 6) is -2.52. The summed E-state index contributed by atoms with van der Waals surface area (Å²) in [6.07, 6.45) is 0. The van der Waals surface area contributed by atoms with Gasteiger partial charge in [0.2, 0.25) is 0 Å². The van der Waals surface area contributed by atoms with Crippen LogP contribution in [0.5, 0.6) is 0 Å². The lowest BCUT2D eigenvalue weighted by molar-refractivity contribution is -0.138. The zero-order valence-electron chi connectivity index (χ0n) is 14.4. The number of carbonyl (C=O) groups excluding carboxylic acids is 2. The van der Waals surface area contributed by atoms with Crippen LogP contribution in [0.3, 0.4) is 0 Å². The Labute approximate surface area is 147 Å². The molecular weight excluding hydrogens is 340 g/mol. The number of amides is 2. The first-order valence-corrected chi connectivity index (χ1v) is 7.58. The zero-order valence-corrected chi connectivity index (χ0v) is 14.4. The molecule has 10 nitrogen and oxygen atoms in total. The SMILES string of the molecule is CC(C)(C)NC(=O)C(C#N)(C(N)=O)n1[nH]c(=O)n(-c2ccccc2)c1=O. The first-order chi connectivity index (χ1) is 12.0. The number of benzene rings is 1. The minimum atomic E-state index is -2.75. The van der Waals surface area contributed by atoms with Gasteiger partial charge in [0.25, 0.3) is 11.8 Å². The summed E-state index contributed by atoms with van der Waals surface area (Å²) in [5, 5.41) is 14.1. The lowest BCUT2D eigenvalue weighted by Gasteiger charge is -2.27. The number of nitrogens with one attached hydrogen (secondary N) is 2. The number of H-pyrrole nitrogens is 1. The van der Waals surface area contributed by atoms with Gasteiger partial charge in [0.05, 0.1) is 5.69 Å². The van der Waals surface area contributed by atoms with Crippen molar-refractivity contribution in [3.63, 3.8) is 0 Å². The van der Waals surface area contributed by atoms with Crippen molar-refractivity contribution in [3.05, 3.63) is 51.3 Å². The molecule has 1 atom stereocenters. The number of para-hydroxylation sites is 1. The summed E-state index contributed by atoms with van der Waals surface area (Å²) in [7, 11) is 0. The normalized spacial score (nSPS) is 13.5. The summed E-state index contributed by atoms with van der Waals surface area (Å²) in [6.45, 7) is 4.86. The van der Waals surface area contributed by atoms with E-state index in [9.17, 15) is 24.4 Å². The fourth-order valence-electron chi connectivity index (χ4n) is 2.32. The lowest BCUT2D eigenvalue weighted by atomic mass is 9.97. The topological polar surface area (TPSA) is 156 Å². The van der Waals surface area contributed by atoms with Gasteiger partial charge in [0.1, 0.15) is 6.07 Å². The molecule has 2 amide bonds. The molecule has 10 heteroatoms. The molecule has 1 heterocycles. The van der Waals surface area contributed by atoms with E-state index >= 15 is 0 Å². The van der Waals surface area contributed by atoms with Crippen molar-refractivity contribution in [2.45, 2.75) is 31.8 Å². The van der Waals surface area contributed by atoms with Gasteiger partial charge in [-0.15, -0.1) is 0 Å². The van der Waals surface area contributed by atoms with Gasteiger partial charge >= 0.3 is 16.9 Å². The average Bonchev–Trinajstić information content (AvgIpc) is 2.82. The molecule has 4 N–H and O–H groups in total. The molecule has 2 aromatic rings. The average molecular weight is 358 g/mol. The van der Waals surface area contributed by atoms with E-state index in [1.165, 1.54) is 18.2 Å². The molecule has 136 valence electrons. The highest BCUT2D eigenvalue weighted by molar-refractivity contribution is 6.09. The Kier molecular flexibility index (Phi) is 4.58. The smallest absolute Gasteiger partial charge is 0.354 e. The van der Waals surface area contributed by atoms with Crippen LogP contribution in [-0.2, 0) is 15.1 Å². The van der Waals surface area contributed by atoms with E-state index < -0.39 is 34.3 Å². The molecule has 1 aromatic carbocycles. The van der Waals surface area contributed by atoms with Crippen molar-refractivity contribution < 1.29 is 9.59 Å². The van der Waals surface area contributed by atoms with Crippen LogP contribution in [0.15, 0.2) is 39.9 Å². The molecule has 0 radical (unpaired) electrons. The highest BCUT2D eigenvalue weighted by Gasteiger charge is 2.51. The molecule has 0 aliphatic carbocycles. The summed E-state index contributed by atoms with van der Waals surface area (Å²) in [6, 6.07) is 9.31. The van der Waals surface area contributed by atoms with E-state index in [0.717, 1.165) is 0 Å². The highest BCUT2D eigenvalue weighted by Crippen LogP contribution is 2.15. The Morgan fingerprint density at radius 1 is 1.19 bits per heavy atom. The Bertz CT molecular complexity index is 1000. The number of hydrogen-bond donors (Lipinski definition) is 3. The van der Waals surface area contributed by atoms with Crippen molar-refractivity contribution >= 4 is 11.8 Å². The van der Waals surface area contributed by atoms with Crippen LogP contribution >= 0.6 is 0 Å². The molecule has 0 bridgehead atoms. The van der Waals surface area contributed by atoms with Crippen LogP contribution in [-0.4, -0.2) is 31.7 Å². The highest BCUT2D eigenvalue weighted by atomic mass is 16.2. The number of aromatic nitrogens is 3. The number of carbonyl (C=O) groups is 2. The largest absolute Gasteiger partial charge is 0.366 e. The van der Waals surface area contributed by atoms with E-state index in [0.29, 0.717) is 9.25 Å². The third-order valence-electron chi connectivity index (χ3n) is 3.48. The first kappa shape index (κ1) is 18.7. The molecule has 0 saturated carbocycles. The maximum atomic E-state index is 12.7. The standard InChI is InChI=1S/C16H18N6O4/c1-15(2,3)19-12(24)16(9-17,11(18)23)22-14(26)21(13(25)20-22)10-7-5-4-6-8-10/h4-8H,1-3H3,(H2,18,23)(H,19,24)(H,20,25). The quantitative estimate of drug-likeness (QED) is 0.594. The number of nitrogens with two attached hydrogens (primary N) is 1. The van der Waals surface area contributed by atoms with E-state index in [2.05, 4.69) is 10.4 Å². The number of primary amides is 1. The van der Waals surface area contributed by atoms with Crippen LogP contribution in [0.1, 0.15) is 20.8 Å². The molecule has 2 rings (SSSR count). The first-order valence-electron chi connectivity index (χ1n) is 7.58. The number of rotatable bonds is 4. The third kappa shape index (κ3) is 3.02. The molecular formula is C16H18N6O4.